The van der Waals surface area contributed by atoms with Gasteiger partial charge >= 0.3 is 0 Å². The van der Waals surface area contributed by atoms with Gasteiger partial charge in [-0.3, -0.25) is 0 Å². The predicted molar refractivity (Wildman–Crippen MR) is 241 cm³/mol. The highest BCUT2D eigenvalue weighted by Crippen LogP contribution is 2.34. The molecule has 0 bridgehead atoms. The van der Waals surface area contributed by atoms with Gasteiger partial charge in [-0.15, -0.1) is 0 Å². The SMILES string of the molecule is CO[C@@H]1O[C@@H](CO[C@H]2O[C@@H](COCC(O)C[N+](C)(C)C)[C@H](O)C(O)C2O)[C@@H](O[C@@H]2OC(COCC(O)C[N+](C)(C)C)[C@@H](O[C@H]3O[C@@H](COCC(O)C[N+](C)(C)C)[C@@H](OC)C(O)C3O)[C@@H](O)C2O)C(O)C1O. The average molecular weight is 1040 g/mol. The molecule has 420 valence electrons. The molecule has 4 heterocycles. The molecule has 11 unspecified atom stereocenters. The van der Waals surface area contributed by atoms with Crippen LogP contribution in [0.5, 0.6) is 0 Å². The van der Waals surface area contributed by atoms with Gasteiger partial charge in [0.25, 0.3) is 0 Å². The van der Waals surface area contributed by atoms with E-state index in [0.29, 0.717) is 26.5 Å². The van der Waals surface area contributed by atoms with Crippen LogP contribution in [0.25, 0.3) is 0 Å². The maximum atomic E-state index is 11.8. The minimum Gasteiger partial charge on any atom is -0.387 e. The fraction of sp³-hybridized carbons (Fsp3) is 1.00. The Bertz CT molecular complexity index is 1530. The van der Waals surface area contributed by atoms with Gasteiger partial charge in [0.15, 0.2) is 25.2 Å². The van der Waals surface area contributed by atoms with Gasteiger partial charge in [0.05, 0.1) is 110 Å². The molecule has 0 saturated carbocycles. The van der Waals surface area contributed by atoms with Crippen molar-refractivity contribution in [2.75, 3.05) is 144 Å². The largest absolute Gasteiger partial charge is 0.387 e. The Balaban J connectivity index is 1.53. The summed E-state index contributed by atoms with van der Waals surface area (Å²) >= 11 is 0. The molecule has 12 N–H and O–H groups in total. The van der Waals surface area contributed by atoms with Gasteiger partial charge in [-0.05, 0) is 0 Å². The fourth-order valence-electron chi connectivity index (χ4n) is 8.87. The summed E-state index contributed by atoms with van der Waals surface area (Å²) in [6.07, 6.45) is -35.2. The molecule has 4 rings (SSSR count). The van der Waals surface area contributed by atoms with Gasteiger partial charge in [0.1, 0.15) is 136 Å². The van der Waals surface area contributed by atoms with Crippen LogP contribution in [0.4, 0.5) is 0 Å². The summed E-state index contributed by atoms with van der Waals surface area (Å²) in [7, 11) is 19.4. The summed E-state index contributed by atoms with van der Waals surface area (Å²) in [6.45, 7) is -1.07. The lowest BCUT2D eigenvalue weighted by Gasteiger charge is -2.48. The van der Waals surface area contributed by atoms with Crippen LogP contribution in [-0.4, -0.2) is 359 Å². The van der Waals surface area contributed by atoms with E-state index in [2.05, 4.69) is 0 Å². The second-order valence-electron chi connectivity index (χ2n) is 22.1. The lowest BCUT2D eigenvalue weighted by Crippen LogP contribution is -2.67. The fourth-order valence-corrected chi connectivity index (χ4v) is 8.87. The summed E-state index contributed by atoms with van der Waals surface area (Å²) < 4.78 is 71.0. The summed E-state index contributed by atoms with van der Waals surface area (Å²) in [6, 6.07) is 0. The molecular formula is C44H88N3O24+3. The topological polar surface area (TPSA) is 354 Å². The van der Waals surface area contributed by atoms with Crippen molar-refractivity contribution in [2.24, 2.45) is 0 Å². The highest BCUT2D eigenvalue weighted by Gasteiger charge is 2.55. The van der Waals surface area contributed by atoms with Crippen molar-refractivity contribution in [3.05, 3.63) is 0 Å². The van der Waals surface area contributed by atoms with E-state index in [1.54, 1.807) is 0 Å². The van der Waals surface area contributed by atoms with Crippen LogP contribution < -0.4 is 0 Å². The van der Waals surface area contributed by atoms with Gasteiger partial charge in [-0.2, -0.15) is 0 Å². The third kappa shape index (κ3) is 18.6. The normalized spacial score (nSPS) is 40.1. The number of aliphatic hydroxyl groups excluding tert-OH is 12. The summed E-state index contributed by atoms with van der Waals surface area (Å²) in [5.41, 5.74) is 0. The Kier molecular flexibility index (Phi) is 24.0. The van der Waals surface area contributed by atoms with E-state index < -0.39 is 154 Å². The van der Waals surface area contributed by atoms with E-state index in [9.17, 15) is 61.3 Å². The van der Waals surface area contributed by atoms with Gasteiger partial charge < -0.3 is 132 Å². The summed E-state index contributed by atoms with van der Waals surface area (Å²) in [5.74, 6) is 0. The Hall–Kier alpha value is -1.08. The zero-order chi connectivity index (χ0) is 53.3. The number of rotatable bonds is 27. The van der Waals surface area contributed by atoms with Crippen LogP contribution in [0, 0.1) is 0 Å². The minimum absolute atomic E-state index is 0.0986. The predicted octanol–water partition coefficient (Wildman–Crippen LogP) is -8.17. The first-order chi connectivity index (χ1) is 32.9. The van der Waals surface area contributed by atoms with Crippen molar-refractivity contribution < 1.29 is 132 Å². The Morgan fingerprint density at radius 2 is 0.690 bits per heavy atom. The third-order valence-electron chi connectivity index (χ3n) is 12.2. The zero-order valence-electron chi connectivity index (χ0n) is 43.0. The smallest absolute Gasteiger partial charge is 0.187 e. The molecule has 27 heteroatoms. The molecule has 27 nitrogen and oxygen atoms in total. The maximum Gasteiger partial charge on any atom is 0.187 e. The van der Waals surface area contributed by atoms with Gasteiger partial charge in [-0.1, -0.05) is 0 Å². The number of likely N-dealkylation sites (N-methyl/N-ethyl adjacent to an activating group) is 3. The second kappa shape index (κ2) is 27.3. The number of methoxy groups -OCH3 is 2. The highest BCUT2D eigenvalue weighted by molar-refractivity contribution is 4.97. The molecule has 0 aromatic rings. The quantitative estimate of drug-likeness (QED) is 0.0340. The zero-order valence-corrected chi connectivity index (χ0v) is 43.0. The molecule has 0 spiro atoms. The van der Waals surface area contributed by atoms with Crippen molar-refractivity contribution in [3.63, 3.8) is 0 Å². The number of hydrogen-bond donors (Lipinski definition) is 12. The van der Waals surface area contributed by atoms with E-state index in [1.807, 2.05) is 63.4 Å². The molecular weight excluding hydrogens is 954 g/mol. The number of quaternary nitrogens is 3. The molecule has 0 aromatic heterocycles. The van der Waals surface area contributed by atoms with Crippen LogP contribution in [0.15, 0.2) is 0 Å². The van der Waals surface area contributed by atoms with Gasteiger partial charge in [0.2, 0.25) is 0 Å². The Morgan fingerprint density at radius 3 is 1.08 bits per heavy atom. The van der Waals surface area contributed by atoms with E-state index in [1.165, 1.54) is 14.2 Å². The van der Waals surface area contributed by atoms with Crippen molar-refractivity contribution in [3.8, 4) is 0 Å². The Labute approximate surface area is 415 Å². The van der Waals surface area contributed by atoms with Crippen LogP contribution in [0.3, 0.4) is 0 Å². The molecule has 4 saturated heterocycles. The van der Waals surface area contributed by atoms with E-state index in [0.717, 1.165) is 0 Å². The van der Waals surface area contributed by atoms with E-state index in [-0.39, 0.29) is 39.6 Å². The lowest BCUT2D eigenvalue weighted by molar-refractivity contribution is -0.873. The molecule has 4 fully saturated rings. The monoisotopic (exact) mass is 1040 g/mol. The molecule has 0 aromatic carbocycles. The first-order valence-electron chi connectivity index (χ1n) is 23.9. The molecule has 23 atom stereocenters. The lowest BCUT2D eigenvalue weighted by atomic mass is 9.96. The van der Waals surface area contributed by atoms with Crippen molar-refractivity contribution >= 4 is 0 Å². The maximum absolute atomic E-state index is 11.8. The van der Waals surface area contributed by atoms with Crippen LogP contribution in [0.2, 0.25) is 0 Å². The van der Waals surface area contributed by atoms with Gasteiger partial charge in [0, 0.05) is 14.2 Å². The minimum atomic E-state index is -2.02. The van der Waals surface area contributed by atoms with Crippen molar-refractivity contribution in [2.45, 2.75) is 141 Å². The van der Waals surface area contributed by atoms with Crippen molar-refractivity contribution in [1.29, 1.82) is 0 Å². The van der Waals surface area contributed by atoms with Crippen molar-refractivity contribution in [1.82, 2.24) is 0 Å². The van der Waals surface area contributed by atoms with E-state index >= 15 is 0 Å². The molecule has 71 heavy (non-hydrogen) atoms. The van der Waals surface area contributed by atoms with Gasteiger partial charge in [-0.25, -0.2) is 0 Å². The van der Waals surface area contributed by atoms with E-state index in [4.69, 9.17) is 56.8 Å². The molecule has 0 radical (unpaired) electrons. The summed E-state index contributed by atoms with van der Waals surface area (Å²) in [5, 5.41) is 132. The second-order valence-corrected chi connectivity index (χ2v) is 22.1. The van der Waals surface area contributed by atoms with Crippen LogP contribution in [0.1, 0.15) is 0 Å². The number of hydrogen-bond acceptors (Lipinski definition) is 24. The number of ether oxygens (including phenoxy) is 12. The molecule has 4 aliphatic rings. The standard InChI is InChI=1S/C44H88N3O24/c1-45(2,3)12-22(48)15-62-18-25-29(51)30(52)34(56)42(66-25)65-21-28-40(32(54)35(57)41(61-11)67-28)71-44-37(59)33(55)39(27(69-44)20-64-17-24(50)14-47(7,8)9)70-43-36(58)31(53)38(60-10)26(68-43)19-63-16-23(49)13-46(4,5)6/h22-44,48-59H,12-21H2,1-11H3/q+3/t22?,23?,24?,25-,26-,27?,28-,29-,30?,31?,32?,33-,34?,35?,36?,37?,38+,39+,40+,41+,42-,43+,44-/m0/s1. The Morgan fingerprint density at radius 1 is 0.366 bits per heavy atom. The first-order valence-corrected chi connectivity index (χ1v) is 23.9. The molecule has 4 aliphatic heterocycles. The van der Waals surface area contributed by atoms with Crippen LogP contribution in [-0.2, 0) is 56.8 Å². The third-order valence-corrected chi connectivity index (χ3v) is 12.2. The first kappa shape index (κ1) is 62.5. The number of nitrogens with zero attached hydrogens (tertiary/aromatic N) is 3. The average Bonchev–Trinajstić information content (AvgIpc) is 3.25. The highest BCUT2D eigenvalue weighted by atomic mass is 16.8. The van der Waals surface area contributed by atoms with Crippen LogP contribution >= 0.6 is 0 Å². The number of aliphatic hydroxyl groups is 12. The molecule has 0 amide bonds. The molecule has 0 aliphatic carbocycles. The summed E-state index contributed by atoms with van der Waals surface area (Å²) in [4.78, 5) is 0.